The lowest BCUT2D eigenvalue weighted by Gasteiger charge is -2.44. The van der Waals surface area contributed by atoms with Gasteiger partial charge in [0, 0.05) is 30.6 Å². The Kier molecular flexibility index (Phi) is 8.21. The molecule has 1 spiro atoms. The first-order valence-electron chi connectivity index (χ1n) is 12.1. The summed E-state index contributed by atoms with van der Waals surface area (Å²) in [7, 11) is -1.90. The van der Waals surface area contributed by atoms with Crippen LogP contribution in [0.15, 0.2) is 0 Å². The Bertz CT molecular complexity index is 658. The molecule has 1 amide bonds. The van der Waals surface area contributed by atoms with Gasteiger partial charge in [0.05, 0.1) is 6.04 Å². The summed E-state index contributed by atoms with van der Waals surface area (Å²) >= 11 is -1.14. The first-order chi connectivity index (χ1) is 14.3. The number of nitrogens with zero attached hydrogens (tertiary/aromatic N) is 1. The Balaban J connectivity index is 2.17. The van der Waals surface area contributed by atoms with Gasteiger partial charge >= 0.3 is 6.09 Å². The minimum Gasteiger partial charge on any atom is -0.598 e. The molecule has 1 N–H and O–H groups in total. The van der Waals surface area contributed by atoms with E-state index in [1.165, 1.54) is 0 Å². The number of hydrogen-bond donors (Lipinski definition) is 1. The van der Waals surface area contributed by atoms with Crippen molar-refractivity contribution in [2.45, 2.75) is 129 Å². The van der Waals surface area contributed by atoms with Gasteiger partial charge in [0.2, 0.25) is 0 Å². The fourth-order valence-electron chi connectivity index (χ4n) is 4.37. The second-order valence-corrected chi connectivity index (χ2v) is 20.1. The highest BCUT2D eigenvalue weighted by molar-refractivity contribution is 7.90. The van der Waals surface area contributed by atoms with E-state index in [2.05, 4.69) is 38.6 Å². The number of carbonyl (C=O) groups is 1. The molecular weight excluding hydrogens is 440 g/mol. The molecule has 2 rings (SSSR count). The zero-order valence-electron chi connectivity index (χ0n) is 22.4. The lowest BCUT2D eigenvalue weighted by molar-refractivity contribution is 0.00700. The normalized spacial score (nSPS) is 25.8. The summed E-state index contributed by atoms with van der Waals surface area (Å²) in [6, 6.07) is 0.123. The number of likely N-dealkylation sites (tertiary alicyclic amines) is 1. The molecule has 3 atom stereocenters. The maximum atomic E-state index is 13.0. The standard InChI is InChI=1S/C24H48N2O4SSi/c1-21(2,3)29-20(27)26-14-12-24(13-15-26)17-18(30-32(10,11)23(7,8)9)16-19(24)25-31(28)22(4,5)6/h18-19,25H,12-17H2,1-11H3/t18?,19-,31-/m1/s1. The predicted molar refractivity (Wildman–Crippen MR) is 136 cm³/mol. The molecule has 1 saturated carbocycles. The molecule has 0 aromatic rings. The van der Waals surface area contributed by atoms with Crippen LogP contribution in [0.3, 0.4) is 0 Å². The van der Waals surface area contributed by atoms with Crippen LogP contribution in [0.2, 0.25) is 18.1 Å². The third-order valence-corrected chi connectivity index (χ3v) is 13.5. The average molecular weight is 489 g/mol. The monoisotopic (exact) mass is 488 g/mol. The van der Waals surface area contributed by atoms with Crippen molar-refractivity contribution in [2.75, 3.05) is 13.1 Å². The zero-order chi connectivity index (χ0) is 24.8. The molecule has 0 aromatic heterocycles. The van der Waals surface area contributed by atoms with Gasteiger partial charge in [-0.2, -0.15) is 0 Å². The van der Waals surface area contributed by atoms with Gasteiger partial charge in [-0.25, -0.2) is 4.79 Å². The summed E-state index contributed by atoms with van der Waals surface area (Å²) in [5, 5.41) is 0.153. The highest BCUT2D eigenvalue weighted by Crippen LogP contribution is 2.50. The molecule has 0 bridgehead atoms. The molecule has 1 aliphatic carbocycles. The van der Waals surface area contributed by atoms with Crippen LogP contribution in [0.5, 0.6) is 0 Å². The third-order valence-electron chi connectivity index (χ3n) is 7.36. The van der Waals surface area contributed by atoms with E-state index in [0.29, 0.717) is 13.1 Å². The number of hydrogen-bond acceptors (Lipinski definition) is 5. The van der Waals surface area contributed by atoms with E-state index in [1.54, 1.807) is 0 Å². The number of ether oxygens (including phenoxy) is 1. The highest BCUT2D eigenvalue weighted by atomic mass is 32.2. The molecule has 0 aromatic carbocycles. The van der Waals surface area contributed by atoms with Gasteiger partial charge in [-0.05, 0) is 90.8 Å². The third kappa shape index (κ3) is 6.87. The van der Waals surface area contributed by atoms with E-state index < -0.39 is 25.3 Å². The Morgan fingerprint density at radius 2 is 1.59 bits per heavy atom. The number of rotatable bonds is 4. The molecule has 188 valence electrons. The summed E-state index contributed by atoms with van der Waals surface area (Å²) in [5.41, 5.74) is -0.498. The minimum atomic E-state index is -1.90. The van der Waals surface area contributed by atoms with Gasteiger partial charge < -0.3 is 18.6 Å². The molecule has 8 heteroatoms. The van der Waals surface area contributed by atoms with Gasteiger partial charge in [-0.3, -0.25) is 0 Å². The molecule has 6 nitrogen and oxygen atoms in total. The maximum absolute atomic E-state index is 13.0. The summed E-state index contributed by atoms with van der Waals surface area (Å²) in [6.45, 7) is 24.5. The summed E-state index contributed by atoms with van der Waals surface area (Å²) in [4.78, 5) is 14.4. The number of carbonyl (C=O) groups excluding carboxylic acids is 1. The molecule has 1 heterocycles. The fraction of sp³-hybridized carbons (Fsp3) is 0.958. The van der Waals surface area contributed by atoms with Crippen molar-refractivity contribution >= 4 is 25.8 Å². The Labute approximate surface area is 201 Å². The molecule has 32 heavy (non-hydrogen) atoms. The summed E-state index contributed by atoms with van der Waals surface area (Å²) in [5.74, 6) is 0. The second-order valence-electron chi connectivity index (χ2n) is 13.3. The van der Waals surface area contributed by atoms with Gasteiger partial charge in [-0.1, -0.05) is 20.8 Å². The van der Waals surface area contributed by atoms with Crippen molar-refractivity contribution in [3.05, 3.63) is 0 Å². The SMILES string of the molecule is CC(C)(C)OC(=O)N1CCC2(CC1)CC(O[Si](C)(C)C(C)(C)C)C[C@H]2N[S@+]([O-])C(C)(C)C. The molecule has 2 aliphatic rings. The van der Waals surface area contributed by atoms with Crippen molar-refractivity contribution in [1.29, 1.82) is 0 Å². The fourth-order valence-corrected chi connectivity index (χ4v) is 6.69. The quantitative estimate of drug-likeness (QED) is 0.411. The van der Waals surface area contributed by atoms with E-state index in [0.717, 1.165) is 25.7 Å². The smallest absolute Gasteiger partial charge is 0.410 e. The van der Waals surface area contributed by atoms with Crippen LogP contribution in [0.4, 0.5) is 4.79 Å². The van der Waals surface area contributed by atoms with Crippen molar-refractivity contribution in [3.8, 4) is 0 Å². The summed E-state index contributed by atoms with van der Waals surface area (Å²) < 4.78 is 28.6. The van der Waals surface area contributed by atoms with Crippen molar-refractivity contribution in [2.24, 2.45) is 5.41 Å². The van der Waals surface area contributed by atoms with Gasteiger partial charge in [-0.15, -0.1) is 4.72 Å². The minimum absolute atomic E-state index is 0.00749. The summed E-state index contributed by atoms with van der Waals surface area (Å²) in [6.07, 6.45) is 3.52. The van der Waals surface area contributed by atoms with Crippen LogP contribution in [-0.2, 0) is 20.5 Å². The second kappa shape index (κ2) is 9.40. The molecule has 2 fully saturated rings. The molecule has 1 aliphatic heterocycles. The van der Waals surface area contributed by atoms with E-state index >= 15 is 0 Å². The Morgan fingerprint density at radius 1 is 1.06 bits per heavy atom. The number of piperidine rings is 1. The van der Waals surface area contributed by atoms with Crippen LogP contribution < -0.4 is 4.72 Å². The van der Waals surface area contributed by atoms with Crippen LogP contribution in [0.25, 0.3) is 0 Å². The topological polar surface area (TPSA) is 73.9 Å². The van der Waals surface area contributed by atoms with Crippen molar-refractivity contribution < 1.29 is 18.5 Å². The van der Waals surface area contributed by atoms with E-state index in [4.69, 9.17) is 9.16 Å². The highest BCUT2D eigenvalue weighted by Gasteiger charge is 2.53. The molecular formula is C24H48N2O4SSi. The van der Waals surface area contributed by atoms with Gasteiger partial charge in [0.1, 0.15) is 10.3 Å². The molecule has 1 saturated heterocycles. The van der Waals surface area contributed by atoms with Crippen LogP contribution >= 0.6 is 0 Å². The van der Waals surface area contributed by atoms with Crippen molar-refractivity contribution in [1.82, 2.24) is 9.62 Å². The lowest BCUT2D eigenvalue weighted by atomic mass is 9.74. The van der Waals surface area contributed by atoms with Gasteiger partial charge in [0.15, 0.2) is 8.32 Å². The zero-order valence-corrected chi connectivity index (χ0v) is 24.2. The van der Waals surface area contributed by atoms with Crippen LogP contribution in [-0.4, -0.2) is 59.4 Å². The van der Waals surface area contributed by atoms with E-state index in [-0.39, 0.29) is 33.4 Å². The van der Waals surface area contributed by atoms with Crippen molar-refractivity contribution in [3.63, 3.8) is 0 Å². The lowest BCUT2D eigenvalue weighted by Crippen LogP contribution is -2.54. The number of amides is 1. The van der Waals surface area contributed by atoms with Gasteiger partial charge in [0.25, 0.3) is 0 Å². The number of nitrogens with one attached hydrogen (secondary N) is 1. The Morgan fingerprint density at radius 3 is 2.03 bits per heavy atom. The van der Waals surface area contributed by atoms with E-state index in [1.807, 2.05) is 46.4 Å². The molecule has 1 unspecified atom stereocenters. The Hall–Kier alpha value is -0.283. The first kappa shape index (κ1) is 28.0. The average Bonchev–Trinajstić information content (AvgIpc) is 2.87. The van der Waals surface area contributed by atoms with E-state index in [9.17, 15) is 9.35 Å². The maximum Gasteiger partial charge on any atom is 0.410 e. The van der Waals surface area contributed by atoms with Crippen LogP contribution in [0, 0.1) is 5.41 Å². The molecule has 0 radical (unpaired) electrons. The predicted octanol–water partition coefficient (Wildman–Crippen LogP) is 5.61. The largest absolute Gasteiger partial charge is 0.598 e. The van der Waals surface area contributed by atoms with Crippen LogP contribution in [0.1, 0.15) is 88.0 Å². The first-order valence-corrected chi connectivity index (χ1v) is 16.2.